The predicted molar refractivity (Wildman–Crippen MR) is 72.4 cm³/mol. The number of nitrogens with zero attached hydrogens (tertiary/aromatic N) is 2. The molecule has 4 heteroatoms. The molecule has 0 spiro atoms. The summed E-state index contributed by atoms with van der Waals surface area (Å²) in [6.07, 6.45) is 3.63. The SMILES string of the molecule is Cl.NC1=N[C@@H](c2ccccc2)C[C@H]2CCCN12. The van der Waals surface area contributed by atoms with E-state index in [1.165, 1.54) is 18.4 Å². The van der Waals surface area contributed by atoms with Crippen LogP contribution in [0.4, 0.5) is 0 Å². The number of hydrogen-bond acceptors (Lipinski definition) is 3. The van der Waals surface area contributed by atoms with Crippen LogP contribution >= 0.6 is 12.4 Å². The first kappa shape index (κ1) is 12.2. The van der Waals surface area contributed by atoms with Crippen molar-refractivity contribution in [2.75, 3.05) is 6.54 Å². The Kier molecular flexibility index (Phi) is 3.57. The van der Waals surface area contributed by atoms with Crippen molar-refractivity contribution in [1.29, 1.82) is 0 Å². The molecule has 0 saturated carbocycles. The third-order valence-corrected chi connectivity index (χ3v) is 3.64. The van der Waals surface area contributed by atoms with Crippen LogP contribution in [0.5, 0.6) is 0 Å². The molecular formula is C13H18ClN3. The first-order chi connectivity index (χ1) is 7.84. The van der Waals surface area contributed by atoms with Crippen LogP contribution < -0.4 is 5.73 Å². The van der Waals surface area contributed by atoms with E-state index in [1.54, 1.807) is 0 Å². The zero-order valence-corrected chi connectivity index (χ0v) is 10.6. The summed E-state index contributed by atoms with van der Waals surface area (Å²) in [5, 5.41) is 0. The van der Waals surface area contributed by atoms with Crippen molar-refractivity contribution in [1.82, 2.24) is 4.90 Å². The minimum atomic E-state index is 0. The van der Waals surface area contributed by atoms with Gasteiger partial charge in [0.15, 0.2) is 5.96 Å². The maximum atomic E-state index is 6.02. The van der Waals surface area contributed by atoms with Crippen molar-refractivity contribution in [3.05, 3.63) is 35.9 Å². The normalized spacial score (nSPS) is 27.1. The van der Waals surface area contributed by atoms with Gasteiger partial charge in [0.05, 0.1) is 6.04 Å². The lowest BCUT2D eigenvalue weighted by molar-refractivity contribution is 0.318. The van der Waals surface area contributed by atoms with E-state index in [0.29, 0.717) is 6.04 Å². The van der Waals surface area contributed by atoms with Gasteiger partial charge < -0.3 is 10.6 Å². The molecule has 2 aliphatic heterocycles. The summed E-state index contributed by atoms with van der Waals surface area (Å²) in [5.74, 6) is 0.739. The summed E-state index contributed by atoms with van der Waals surface area (Å²) in [6, 6.07) is 11.4. The fraction of sp³-hybridized carbons (Fsp3) is 0.462. The molecule has 0 aromatic heterocycles. The minimum Gasteiger partial charge on any atom is -0.370 e. The number of fused-ring (bicyclic) bond motifs is 1. The van der Waals surface area contributed by atoms with Gasteiger partial charge in [-0.15, -0.1) is 12.4 Å². The lowest BCUT2D eigenvalue weighted by Crippen LogP contribution is -2.44. The van der Waals surface area contributed by atoms with Crippen molar-refractivity contribution in [2.45, 2.75) is 31.3 Å². The lowest BCUT2D eigenvalue weighted by Gasteiger charge is -2.33. The van der Waals surface area contributed by atoms with Crippen LogP contribution in [0.3, 0.4) is 0 Å². The third-order valence-electron chi connectivity index (χ3n) is 3.64. The molecule has 3 rings (SSSR count). The maximum Gasteiger partial charge on any atom is 0.192 e. The number of nitrogens with two attached hydrogens (primary N) is 1. The Bertz CT molecular complexity index is 404. The average molecular weight is 252 g/mol. The van der Waals surface area contributed by atoms with E-state index in [2.05, 4.69) is 34.2 Å². The number of hydrogen-bond donors (Lipinski definition) is 1. The monoisotopic (exact) mass is 251 g/mol. The highest BCUT2D eigenvalue weighted by Crippen LogP contribution is 2.33. The summed E-state index contributed by atoms with van der Waals surface area (Å²) in [5.41, 5.74) is 7.31. The van der Waals surface area contributed by atoms with Gasteiger partial charge in [0, 0.05) is 12.6 Å². The van der Waals surface area contributed by atoms with Gasteiger partial charge in [-0.05, 0) is 24.8 Å². The molecule has 2 heterocycles. The molecular weight excluding hydrogens is 234 g/mol. The van der Waals surface area contributed by atoms with E-state index in [4.69, 9.17) is 5.73 Å². The van der Waals surface area contributed by atoms with Crippen molar-refractivity contribution in [3.63, 3.8) is 0 Å². The minimum absolute atomic E-state index is 0. The second kappa shape index (κ2) is 4.96. The highest BCUT2D eigenvalue weighted by atomic mass is 35.5. The van der Waals surface area contributed by atoms with Crippen LogP contribution in [0.2, 0.25) is 0 Å². The predicted octanol–water partition coefficient (Wildman–Crippen LogP) is 2.33. The maximum absolute atomic E-state index is 6.02. The Morgan fingerprint density at radius 1 is 1.24 bits per heavy atom. The van der Waals surface area contributed by atoms with Crippen LogP contribution in [0.15, 0.2) is 35.3 Å². The molecule has 0 bridgehead atoms. The molecule has 0 aliphatic carbocycles. The van der Waals surface area contributed by atoms with Gasteiger partial charge in [0.2, 0.25) is 0 Å². The van der Waals surface area contributed by atoms with Gasteiger partial charge in [0.25, 0.3) is 0 Å². The standard InChI is InChI=1S/C13H17N3.ClH/c14-13-15-12(10-5-2-1-3-6-10)9-11-7-4-8-16(11)13;/h1-3,5-6,11-12H,4,7-9H2,(H2,14,15);1H/t11-,12-;/m1./s1. The quantitative estimate of drug-likeness (QED) is 0.833. The first-order valence-electron chi connectivity index (χ1n) is 5.99. The zero-order valence-electron chi connectivity index (χ0n) is 9.75. The van der Waals surface area contributed by atoms with Crippen molar-refractivity contribution in [2.24, 2.45) is 10.7 Å². The van der Waals surface area contributed by atoms with Crippen molar-refractivity contribution in [3.8, 4) is 0 Å². The molecule has 1 aromatic carbocycles. The third kappa shape index (κ3) is 2.25. The summed E-state index contributed by atoms with van der Waals surface area (Å²) in [6.45, 7) is 1.08. The van der Waals surface area contributed by atoms with E-state index in [9.17, 15) is 0 Å². The lowest BCUT2D eigenvalue weighted by atomic mass is 9.97. The Balaban J connectivity index is 0.00000108. The Labute approximate surface area is 108 Å². The van der Waals surface area contributed by atoms with Crippen LogP contribution in [-0.4, -0.2) is 23.4 Å². The molecule has 1 saturated heterocycles. The Morgan fingerprint density at radius 3 is 2.76 bits per heavy atom. The molecule has 0 amide bonds. The topological polar surface area (TPSA) is 41.6 Å². The number of guanidine groups is 1. The molecule has 2 atom stereocenters. The molecule has 2 aliphatic rings. The number of halogens is 1. The Hall–Kier alpha value is -1.22. The average Bonchev–Trinajstić information content (AvgIpc) is 2.79. The molecule has 1 aromatic rings. The second-order valence-corrected chi connectivity index (χ2v) is 4.64. The summed E-state index contributed by atoms with van der Waals surface area (Å²) in [7, 11) is 0. The molecule has 2 N–H and O–H groups in total. The van der Waals surface area contributed by atoms with Gasteiger partial charge in [-0.25, -0.2) is 4.99 Å². The van der Waals surface area contributed by atoms with E-state index < -0.39 is 0 Å². The van der Waals surface area contributed by atoms with E-state index >= 15 is 0 Å². The Morgan fingerprint density at radius 2 is 2.00 bits per heavy atom. The highest BCUT2D eigenvalue weighted by molar-refractivity contribution is 5.85. The van der Waals surface area contributed by atoms with Gasteiger partial charge >= 0.3 is 0 Å². The van der Waals surface area contributed by atoms with Crippen LogP contribution in [0.1, 0.15) is 30.9 Å². The molecule has 0 radical (unpaired) electrons. The second-order valence-electron chi connectivity index (χ2n) is 4.64. The molecule has 92 valence electrons. The molecule has 0 unspecified atom stereocenters. The van der Waals surface area contributed by atoms with Gasteiger partial charge in [-0.1, -0.05) is 30.3 Å². The smallest absolute Gasteiger partial charge is 0.192 e. The summed E-state index contributed by atoms with van der Waals surface area (Å²) < 4.78 is 0. The van der Waals surface area contributed by atoms with E-state index in [-0.39, 0.29) is 18.4 Å². The molecule has 3 nitrogen and oxygen atoms in total. The van der Waals surface area contributed by atoms with Crippen molar-refractivity contribution < 1.29 is 0 Å². The number of aliphatic imine (C=N–C) groups is 1. The van der Waals surface area contributed by atoms with Crippen LogP contribution in [0, 0.1) is 0 Å². The molecule has 1 fully saturated rings. The zero-order chi connectivity index (χ0) is 11.0. The van der Waals surface area contributed by atoms with Crippen molar-refractivity contribution >= 4 is 18.4 Å². The van der Waals surface area contributed by atoms with E-state index in [0.717, 1.165) is 18.9 Å². The van der Waals surface area contributed by atoms with Gasteiger partial charge in [-0.3, -0.25) is 0 Å². The van der Waals surface area contributed by atoms with E-state index in [1.807, 2.05) is 6.07 Å². The highest BCUT2D eigenvalue weighted by Gasteiger charge is 2.32. The van der Waals surface area contributed by atoms with Gasteiger partial charge in [-0.2, -0.15) is 0 Å². The fourth-order valence-corrected chi connectivity index (χ4v) is 2.81. The van der Waals surface area contributed by atoms with Crippen LogP contribution in [0.25, 0.3) is 0 Å². The fourth-order valence-electron chi connectivity index (χ4n) is 2.81. The first-order valence-corrected chi connectivity index (χ1v) is 5.99. The van der Waals surface area contributed by atoms with Crippen LogP contribution in [-0.2, 0) is 0 Å². The number of rotatable bonds is 1. The summed E-state index contributed by atoms with van der Waals surface area (Å²) in [4.78, 5) is 6.88. The van der Waals surface area contributed by atoms with Gasteiger partial charge in [0.1, 0.15) is 0 Å². The number of benzene rings is 1. The summed E-state index contributed by atoms with van der Waals surface area (Å²) >= 11 is 0. The molecule has 17 heavy (non-hydrogen) atoms. The largest absolute Gasteiger partial charge is 0.370 e.